The summed E-state index contributed by atoms with van der Waals surface area (Å²) in [6, 6.07) is 6.32. The van der Waals surface area contributed by atoms with Crippen molar-refractivity contribution in [3.63, 3.8) is 0 Å². The summed E-state index contributed by atoms with van der Waals surface area (Å²) in [4.78, 5) is 0. The van der Waals surface area contributed by atoms with E-state index in [1.54, 1.807) is 7.11 Å². The van der Waals surface area contributed by atoms with E-state index in [1.165, 1.54) is 5.56 Å². The maximum absolute atomic E-state index is 6.11. The van der Waals surface area contributed by atoms with Crippen molar-refractivity contribution >= 4 is 11.6 Å². The van der Waals surface area contributed by atoms with Crippen molar-refractivity contribution in [3.05, 3.63) is 28.8 Å². The molecule has 0 saturated heterocycles. The topological polar surface area (TPSA) is 21.3 Å². The number of hydrogen-bond donors (Lipinski definition) is 1. The van der Waals surface area contributed by atoms with Crippen LogP contribution in [0.15, 0.2) is 18.2 Å². The summed E-state index contributed by atoms with van der Waals surface area (Å²) in [6.07, 6.45) is 0. The summed E-state index contributed by atoms with van der Waals surface area (Å²) in [5.41, 5.74) is 1.19. The second-order valence-corrected chi connectivity index (χ2v) is 5.74. The molecule has 1 aromatic carbocycles. The number of halogens is 1. The van der Waals surface area contributed by atoms with Crippen LogP contribution >= 0.6 is 11.6 Å². The summed E-state index contributed by atoms with van der Waals surface area (Å²) >= 11 is 6.11. The number of nitrogens with one attached hydrogen (secondary N) is 1. The van der Waals surface area contributed by atoms with E-state index in [4.69, 9.17) is 16.3 Å². The van der Waals surface area contributed by atoms with E-state index in [0.717, 1.165) is 17.3 Å². The SMILES string of the molecule is COc1ccc(Cl)cc1C(CNC(C)C)C(C)C. The van der Waals surface area contributed by atoms with Gasteiger partial charge < -0.3 is 10.1 Å². The quantitative estimate of drug-likeness (QED) is 0.840. The van der Waals surface area contributed by atoms with E-state index >= 15 is 0 Å². The molecule has 0 aliphatic rings. The fourth-order valence-electron chi connectivity index (χ4n) is 2.06. The second-order valence-electron chi connectivity index (χ2n) is 5.30. The molecule has 3 heteroatoms. The Labute approximate surface area is 116 Å². The van der Waals surface area contributed by atoms with Gasteiger partial charge in [-0.05, 0) is 24.1 Å². The van der Waals surface area contributed by atoms with Crippen LogP contribution in [0, 0.1) is 5.92 Å². The van der Waals surface area contributed by atoms with Gasteiger partial charge in [0.25, 0.3) is 0 Å². The van der Waals surface area contributed by atoms with E-state index in [0.29, 0.717) is 17.9 Å². The van der Waals surface area contributed by atoms with E-state index in [2.05, 4.69) is 33.0 Å². The zero-order valence-electron chi connectivity index (χ0n) is 12.0. The molecule has 0 radical (unpaired) electrons. The van der Waals surface area contributed by atoms with Gasteiger partial charge in [-0.3, -0.25) is 0 Å². The average Bonchev–Trinajstić information content (AvgIpc) is 2.28. The monoisotopic (exact) mass is 269 g/mol. The first-order chi connectivity index (χ1) is 8.45. The molecule has 0 spiro atoms. The molecule has 0 fully saturated rings. The average molecular weight is 270 g/mol. The Kier molecular flexibility index (Phi) is 5.97. The molecule has 0 heterocycles. The summed E-state index contributed by atoms with van der Waals surface area (Å²) in [5.74, 6) is 1.85. The first kappa shape index (κ1) is 15.3. The van der Waals surface area contributed by atoms with Crippen LogP contribution in [-0.4, -0.2) is 19.7 Å². The Bertz CT molecular complexity index is 377. The lowest BCUT2D eigenvalue weighted by atomic mass is 9.87. The highest BCUT2D eigenvalue weighted by atomic mass is 35.5. The van der Waals surface area contributed by atoms with Crippen LogP contribution in [0.2, 0.25) is 5.02 Å². The predicted octanol–water partition coefficient (Wildman–Crippen LogP) is 4.09. The number of benzene rings is 1. The fourth-order valence-corrected chi connectivity index (χ4v) is 2.24. The van der Waals surface area contributed by atoms with Gasteiger partial charge in [-0.2, -0.15) is 0 Å². The van der Waals surface area contributed by atoms with Gasteiger partial charge >= 0.3 is 0 Å². The summed E-state index contributed by atoms with van der Waals surface area (Å²) in [5, 5.41) is 4.26. The first-order valence-electron chi connectivity index (χ1n) is 6.52. The van der Waals surface area contributed by atoms with Crippen molar-refractivity contribution in [1.82, 2.24) is 5.32 Å². The normalized spacial score (nSPS) is 13.1. The van der Waals surface area contributed by atoms with Gasteiger partial charge in [-0.15, -0.1) is 0 Å². The van der Waals surface area contributed by atoms with Gasteiger partial charge in [0.05, 0.1) is 7.11 Å². The van der Waals surface area contributed by atoms with Gasteiger partial charge in [0.1, 0.15) is 5.75 Å². The van der Waals surface area contributed by atoms with E-state index < -0.39 is 0 Å². The first-order valence-corrected chi connectivity index (χ1v) is 6.90. The number of rotatable bonds is 6. The number of ether oxygens (including phenoxy) is 1. The Hall–Kier alpha value is -0.730. The van der Waals surface area contributed by atoms with Crippen LogP contribution < -0.4 is 10.1 Å². The van der Waals surface area contributed by atoms with E-state index in [9.17, 15) is 0 Å². The van der Waals surface area contributed by atoms with Crippen molar-refractivity contribution in [3.8, 4) is 5.75 Å². The highest BCUT2D eigenvalue weighted by Gasteiger charge is 2.20. The molecule has 1 aromatic rings. The van der Waals surface area contributed by atoms with Gasteiger partial charge in [-0.25, -0.2) is 0 Å². The molecule has 0 aromatic heterocycles. The molecule has 1 unspecified atom stereocenters. The molecule has 2 nitrogen and oxygen atoms in total. The fraction of sp³-hybridized carbons (Fsp3) is 0.600. The molecule has 0 amide bonds. The van der Waals surface area contributed by atoms with Crippen LogP contribution in [0.5, 0.6) is 5.75 Å². The van der Waals surface area contributed by atoms with E-state index in [1.807, 2.05) is 18.2 Å². The largest absolute Gasteiger partial charge is 0.496 e. The van der Waals surface area contributed by atoms with Crippen molar-refractivity contribution in [1.29, 1.82) is 0 Å². The van der Waals surface area contributed by atoms with Crippen molar-refractivity contribution < 1.29 is 4.74 Å². The van der Waals surface area contributed by atoms with Crippen LogP contribution in [0.1, 0.15) is 39.2 Å². The number of hydrogen-bond acceptors (Lipinski definition) is 2. The standard InChI is InChI=1S/C15H24ClNO/c1-10(2)14(9-17-11(3)4)13-8-12(16)6-7-15(13)18-5/h6-8,10-11,14,17H,9H2,1-5H3. The van der Waals surface area contributed by atoms with Crippen LogP contribution in [0.3, 0.4) is 0 Å². The molecular formula is C15H24ClNO. The molecule has 0 bridgehead atoms. The maximum Gasteiger partial charge on any atom is 0.122 e. The van der Waals surface area contributed by atoms with Crippen LogP contribution in [-0.2, 0) is 0 Å². The summed E-state index contributed by atoms with van der Waals surface area (Å²) in [7, 11) is 1.71. The lowest BCUT2D eigenvalue weighted by Gasteiger charge is -2.25. The number of methoxy groups -OCH3 is 1. The third kappa shape index (κ3) is 4.18. The third-order valence-electron chi connectivity index (χ3n) is 3.14. The minimum Gasteiger partial charge on any atom is -0.496 e. The van der Waals surface area contributed by atoms with Gasteiger partial charge in [-0.1, -0.05) is 39.3 Å². The molecule has 1 atom stereocenters. The smallest absolute Gasteiger partial charge is 0.122 e. The molecule has 0 saturated carbocycles. The molecular weight excluding hydrogens is 246 g/mol. The van der Waals surface area contributed by atoms with Gasteiger partial charge in [0.2, 0.25) is 0 Å². The molecule has 1 N–H and O–H groups in total. The van der Waals surface area contributed by atoms with E-state index in [-0.39, 0.29) is 0 Å². The molecule has 102 valence electrons. The van der Waals surface area contributed by atoms with Crippen LogP contribution in [0.25, 0.3) is 0 Å². The Morgan fingerprint density at radius 2 is 1.89 bits per heavy atom. The Morgan fingerprint density at radius 3 is 2.39 bits per heavy atom. The van der Waals surface area contributed by atoms with Gasteiger partial charge in [0, 0.05) is 29.1 Å². The zero-order chi connectivity index (χ0) is 13.7. The van der Waals surface area contributed by atoms with Crippen molar-refractivity contribution in [2.45, 2.75) is 39.7 Å². The minimum atomic E-state index is 0.404. The lowest BCUT2D eigenvalue weighted by Crippen LogP contribution is -2.30. The summed E-state index contributed by atoms with van der Waals surface area (Å²) in [6.45, 7) is 9.71. The molecule has 1 rings (SSSR count). The minimum absolute atomic E-state index is 0.404. The third-order valence-corrected chi connectivity index (χ3v) is 3.38. The highest BCUT2D eigenvalue weighted by molar-refractivity contribution is 6.30. The highest BCUT2D eigenvalue weighted by Crippen LogP contribution is 2.33. The lowest BCUT2D eigenvalue weighted by molar-refractivity contribution is 0.385. The predicted molar refractivity (Wildman–Crippen MR) is 78.7 cm³/mol. The molecule has 0 aliphatic carbocycles. The zero-order valence-corrected chi connectivity index (χ0v) is 12.7. The Balaban J connectivity index is 3.00. The maximum atomic E-state index is 6.11. The van der Waals surface area contributed by atoms with Crippen LogP contribution in [0.4, 0.5) is 0 Å². The second kappa shape index (κ2) is 7.01. The molecule has 18 heavy (non-hydrogen) atoms. The van der Waals surface area contributed by atoms with Gasteiger partial charge in [0.15, 0.2) is 0 Å². The van der Waals surface area contributed by atoms with Crippen molar-refractivity contribution in [2.24, 2.45) is 5.92 Å². The summed E-state index contributed by atoms with van der Waals surface area (Å²) < 4.78 is 5.45. The Morgan fingerprint density at radius 1 is 1.22 bits per heavy atom. The van der Waals surface area contributed by atoms with Crippen molar-refractivity contribution in [2.75, 3.05) is 13.7 Å². The molecule has 0 aliphatic heterocycles.